The van der Waals surface area contributed by atoms with E-state index >= 15 is 0 Å². The van der Waals surface area contributed by atoms with E-state index in [1.165, 1.54) is 11.3 Å². The quantitative estimate of drug-likeness (QED) is 0.736. The zero-order chi connectivity index (χ0) is 19.5. The summed E-state index contributed by atoms with van der Waals surface area (Å²) in [4.78, 5) is 31.7. The predicted octanol–water partition coefficient (Wildman–Crippen LogP) is 3.03. The molecule has 2 amide bonds. The molecule has 8 heteroatoms. The number of carbonyl (C=O) groups is 2. The Kier molecular flexibility index (Phi) is 5.21. The molecule has 7 nitrogen and oxygen atoms in total. The molecule has 3 aromatic rings. The Balaban J connectivity index is 1.42. The van der Waals surface area contributed by atoms with E-state index in [0.717, 1.165) is 29.1 Å². The Labute approximate surface area is 167 Å². The number of thiazole rings is 1. The Bertz CT molecular complexity index is 981. The van der Waals surface area contributed by atoms with Crippen LogP contribution in [0.4, 0.5) is 5.69 Å². The van der Waals surface area contributed by atoms with Crippen LogP contribution in [0.15, 0.2) is 48.1 Å². The Morgan fingerprint density at radius 3 is 2.82 bits per heavy atom. The molecule has 2 aromatic heterocycles. The molecule has 0 saturated carbocycles. The molecule has 144 valence electrons. The number of piperidine rings is 1. The molecule has 0 spiro atoms. The molecule has 1 aliphatic rings. The average molecular weight is 395 g/mol. The van der Waals surface area contributed by atoms with E-state index in [-0.39, 0.29) is 17.7 Å². The third-order valence-electron chi connectivity index (χ3n) is 4.80. The first kappa shape index (κ1) is 18.4. The number of carbonyl (C=O) groups excluding carboxylic acids is 2. The van der Waals surface area contributed by atoms with E-state index in [1.54, 1.807) is 21.2 Å². The number of para-hydroxylation sites is 1. The van der Waals surface area contributed by atoms with Crippen LogP contribution >= 0.6 is 11.3 Å². The van der Waals surface area contributed by atoms with Crippen molar-refractivity contribution in [3.63, 3.8) is 0 Å². The van der Waals surface area contributed by atoms with Gasteiger partial charge in [-0.1, -0.05) is 18.2 Å². The summed E-state index contributed by atoms with van der Waals surface area (Å²) >= 11 is 1.43. The van der Waals surface area contributed by atoms with Crippen LogP contribution in [0.5, 0.6) is 0 Å². The highest BCUT2D eigenvalue weighted by atomic mass is 32.1. The minimum atomic E-state index is -0.214. The molecule has 0 aliphatic carbocycles. The minimum absolute atomic E-state index is 0.0435. The zero-order valence-electron chi connectivity index (χ0n) is 15.5. The number of likely N-dealkylation sites (tertiary alicyclic amines) is 1. The minimum Gasteiger partial charge on any atom is -0.336 e. The van der Waals surface area contributed by atoms with E-state index < -0.39 is 0 Å². The van der Waals surface area contributed by atoms with Crippen molar-refractivity contribution in [1.29, 1.82) is 0 Å². The van der Waals surface area contributed by atoms with Crippen molar-refractivity contribution in [2.75, 3.05) is 18.4 Å². The van der Waals surface area contributed by atoms with Crippen LogP contribution in [0.25, 0.3) is 10.6 Å². The number of aromatic nitrogens is 3. The lowest BCUT2D eigenvalue weighted by Crippen LogP contribution is -2.43. The topological polar surface area (TPSA) is 80.1 Å². The smallest absolute Gasteiger partial charge is 0.273 e. The molecule has 0 radical (unpaired) electrons. The summed E-state index contributed by atoms with van der Waals surface area (Å²) in [5, 5.41) is 9.63. The number of benzene rings is 1. The van der Waals surface area contributed by atoms with Crippen LogP contribution in [0.1, 0.15) is 23.3 Å². The molecule has 4 rings (SSSR count). The molecule has 1 aliphatic heterocycles. The SMILES string of the molecule is Cn1cc(-c2nc(C(=O)N3CCC[C@H](C(=O)Nc4ccccc4)C3)cs2)cn1. The molecular weight excluding hydrogens is 374 g/mol. The first-order valence-corrected chi connectivity index (χ1v) is 10.1. The van der Waals surface area contributed by atoms with Gasteiger partial charge in [0, 0.05) is 43.0 Å². The number of nitrogens with one attached hydrogen (secondary N) is 1. The third kappa shape index (κ3) is 3.96. The second-order valence-electron chi connectivity index (χ2n) is 6.89. The fourth-order valence-electron chi connectivity index (χ4n) is 3.34. The zero-order valence-corrected chi connectivity index (χ0v) is 16.4. The predicted molar refractivity (Wildman–Crippen MR) is 108 cm³/mol. The van der Waals surface area contributed by atoms with Crippen LogP contribution in [-0.2, 0) is 11.8 Å². The second kappa shape index (κ2) is 7.93. The molecule has 3 heterocycles. The van der Waals surface area contributed by atoms with Gasteiger partial charge in [-0.25, -0.2) is 4.98 Å². The maximum absolute atomic E-state index is 12.9. The van der Waals surface area contributed by atoms with Crippen molar-refractivity contribution >= 4 is 28.8 Å². The van der Waals surface area contributed by atoms with Crippen molar-refractivity contribution in [1.82, 2.24) is 19.7 Å². The Morgan fingerprint density at radius 2 is 2.07 bits per heavy atom. The lowest BCUT2D eigenvalue weighted by Gasteiger charge is -2.31. The van der Waals surface area contributed by atoms with Gasteiger partial charge in [-0.3, -0.25) is 14.3 Å². The number of amides is 2. The number of aryl methyl sites for hydroxylation is 1. The van der Waals surface area contributed by atoms with E-state index in [2.05, 4.69) is 15.4 Å². The van der Waals surface area contributed by atoms with Gasteiger partial charge < -0.3 is 10.2 Å². The van der Waals surface area contributed by atoms with Gasteiger partial charge in [-0.15, -0.1) is 11.3 Å². The molecular formula is C20H21N5O2S. The first-order valence-electron chi connectivity index (χ1n) is 9.20. The molecule has 1 N–H and O–H groups in total. The van der Waals surface area contributed by atoms with Crippen molar-refractivity contribution in [2.24, 2.45) is 13.0 Å². The van der Waals surface area contributed by atoms with E-state index in [0.29, 0.717) is 18.8 Å². The van der Waals surface area contributed by atoms with Gasteiger partial charge in [0.2, 0.25) is 5.91 Å². The van der Waals surface area contributed by atoms with Crippen molar-refractivity contribution in [3.05, 3.63) is 53.8 Å². The van der Waals surface area contributed by atoms with Crippen LogP contribution in [0.2, 0.25) is 0 Å². The van der Waals surface area contributed by atoms with Crippen molar-refractivity contribution < 1.29 is 9.59 Å². The summed E-state index contributed by atoms with van der Waals surface area (Å²) in [6.45, 7) is 1.06. The summed E-state index contributed by atoms with van der Waals surface area (Å²) in [7, 11) is 1.84. The summed E-state index contributed by atoms with van der Waals surface area (Å²) in [5.74, 6) is -0.379. The molecule has 0 bridgehead atoms. The summed E-state index contributed by atoms with van der Waals surface area (Å²) in [6.07, 6.45) is 5.19. The number of hydrogen-bond acceptors (Lipinski definition) is 5. The highest BCUT2D eigenvalue weighted by Gasteiger charge is 2.30. The summed E-state index contributed by atoms with van der Waals surface area (Å²) in [5.41, 5.74) is 2.09. The number of anilines is 1. The molecule has 0 unspecified atom stereocenters. The van der Waals surface area contributed by atoms with Gasteiger partial charge in [-0.05, 0) is 25.0 Å². The highest BCUT2D eigenvalue weighted by molar-refractivity contribution is 7.13. The Morgan fingerprint density at radius 1 is 1.25 bits per heavy atom. The van der Waals surface area contributed by atoms with Gasteiger partial charge in [0.1, 0.15) is 10.7 Å². The van der Waals surface area contributed by atoms with Crippen LogP contribution in [0.3, 0.4) is 0 Å². The van der Waals surface area contributed by atoms with Gasteiger partial charge in [-0.2, -0.15) is 5.10 Å². The molecule has 1 aromatic carbocycles. The number of rotatable bonds is 4. The average Bonchev–Trinajstić information content (AvgIpc) is 3.37. The summed E-state index contributed by atoms with van der Waals surface area (Å²) < 4.78 is 1.71. The molecule has 1 saturated heterocycles. The number of nitrogens with zero attached hydrogens (tertiary/aromatic N) is 4. The second-order valence-corrected chi connectivity index (χ2v) is 7.74. The lowest BCUT2D eigenvalue weighted by atomic mass is 9.96. The van der Waals surface area contributed by atoms with Gasteiger partial charge in [0.05, 0.1) is 12.1 Å². The summed E-state index contributed by atoms with van der Waals surface area (Å²) in [6, 6.07) is 9.39. The normalized spacial score (nSPS) is 16.8. The van der Waals surface area contributed by atoms with Crippen molar-refractivity contribution in [2.45, 2.75) is 12.8 Å². The van der Waals surface area contributed by atoms with Gasteiger partial charge in [0.15, 0.2) is 0 Å². The monoisotopic (exact) mass is 395 g/mol. The molecule has 28 heavy (non-hydrogen) atoms. The largest absolute Gasteiger partial charge is 0.336 e. The van der Waals surface area contributed by atoms with Crippen LogP contribution < -0.4 is 5.32 Å². The van der Waals surface area contributed by atoms with E-state index in [1.807, 2.05) is 43.6 Å². The maximum Gasteiger partial charge on any atom is 0.273 e. The molecule has 1 fully saturated rings. The van der Waals surface area contributed by atoms with Gasteiger partial charge >= 0.3 is 0 Å². The van der Waals surface area contributed by atoms with Crippen LogP contribution in [-0.4, -0.2) is 44.6 Å². The van der Waals surface area contributed by atoms with E-state index in [9.17, 15) is 9.59 Å². The Hall–Kier alpha value is -3.00. The fourth-order valence-corrected chi connectivity index (χ4v) is 4.11. The lowest BCUT2D eigenvalue weighted by molar-refractivity contribution is -0.121. The van der Waals surface area contributed by atoms with Crippen LogP contribution in [0, 0.1) is 5.92 Å². The van der Waals surface area contributed by atoms with E-state index in [4.69, 9.17) is 0 Å². The molecule has 1 atom stereocenters. The maximum atomic E-state index is 12.9. The van der Waals surface area contributed by atoms with Gasteiger partial charge in [0.25, 0.3) is 5.91 Å². The third-order valence-corrected chi connectivity index (χ3v) is 5.69. The number of hydrogen-bond donors (Lipinski definition) is 1. The fraction of sp³-hybridized carbons (Fsp3) is 0.300. The van der Waals surface area contributed by atoms with Crippen molar-refractivity contribution in [3.8, 4) is 10.6 Å². The highest BCUT2D eigenvalue weighted by Crippen LogP contribution is 2.25. The standard InChI is InChI=1S/C20H21N5O2S/c1-24-11-15(10-21-24)19-23-17(13-28-19)20(27)25-9-5-6-14(12-25)18(26)22-16-7-3-2-4-8-16/h2-4,7-8,10-11,13-14H,5-6,9,12H2,1H3,(H,22,26)/t14-/m0/s1. The first-order chi connectivity index (χ1) is 13.6.